The Kier molecular flexibility index (Phi) is 7.08. The number of nitrogens with one attached hydrogen (secondary N) is 2. The molecule has 1 aromatic heterocycles. The molecule has 6 nitrogen and oxygen atoms in total. The van der Waals surface area contributed by atoms with Gasteiger partial charge in [0.15, 0.2) is 11.5 Å². The van der Waals surface area contributed by atoms with Gasteiger partial charge in [0.2, 0.25) is 5.91 Å². The van der Waals surface area contributed by atoms with Crippen molar-refractivity contribution in [3.8, 4) is 11.5 Å². The number of ether oxygens (including phenoxy) is 2. The summed E-state index contributed by atoms with van der Waals surface area (Å²) in [6.07, 6.45) is 2.67. The number of pyridine rings is 1. The quantitative estimate of drug-likeness (QED) is 0.452. The molecule has 3 unspecified atom stereocenters. The Hall–Kier alpha value is -2.80. The number of halogens is 1. The van der Waals surface area contributed by atoms with Crippen molar-refractivity contribution in [3.63, 3.8) is 0 Å². The minimum Gasteiger partial charge on any atom is -0.493 e. The highest BCUT2D eigenvalue weighted by Gasteiger charge is 2.34. The molecule has 1 fully saturated rings. The van der Waals surface area contributed by atoms with Crippen molar-refractivity contribution in [3.05, 3.63) is 58.1 Å². The molecule has 2 aromatic carbocycles. The molecule has 0 radical (unpaired) electrons. The molecule has 3 atom stereocenters. The number of carbonyl (C=O) groups excluding carboxylic acids is 1. The van der Waals surface area contributed by atoms with E-state index in [1.165, 1.54) is 10.9 Å². The molecule has 0 spiro atoms. The fourth-order valence-electron chi connectivity index (χ4n) is 4.87. The van der Waals surface area contributed by atoms with Crippen LogP contribution in [-0.4, -0.2) is 37.2 Å². The van der Waals surface area contributed by atoms with Crippen molar-refractivity contribution in [2.24, 2.45) is 0 Å². The maximum Gasteiger partial charge on any atom is 0.217 e. The van der Waals surface area contributed by atoms with Gasteiger partial charge in [0.05, 0.1) is 19.7 Å². The average Bonchev–Trinajstić information content (AvgIpc) is 2.79. The molecule has 1 saturated carbocycles. The summed E-state index contributed by atoms with van der Waals surface area (Å²) >= 11 is 3.72. The van der Waals surface area contributed by atoms with Crippen molar-refractivity contribution >= 4 is 38.6 Å². The third-order valence-electron chi connectivity index (χ3n) is 6.42. The van der Waals surface area contributed by atoms with E-state index in [1.54, 1.807) is 21.1 Å². The summed E-state index contributed by atoms with van der Waals surface area (Å²) in [5.74, 6) is 2.33. The summed E-state index contributed by atoms with van der Waals surface area (Å²) in [5, 5.41) is 8.00. The van der Waals surface area contributed by atoms with E-state index in [0.717, 1.165) is 40.6 Å². The largest absolute Gasteiger partial charge is 0.493 e. The Labute approximate surface area is 203 Å². The normalized spacial score (nSPS) is 20.3. The zero-order valence-electron chi connectivity index (χ0n) is 19.4. The fourth-order valence-corrected chi connectivity index (χ4v) is 5.48. The number of methoxy groups -OCH3 is 2. The molecule has 33 heavy (non-hydrogen) atoms. The lowest BCUT2D eigenvalue weighted by atomic mass is 9.77. The average molecular weight is 512 g/mol. The predicted octanol–water partition coefficient (Wildman–Crippen LogP) is 5.58. The van der Waals surface area contributed by atoms with Crippen molar-refractivity contribution in [1.29, 1.82) is 0 Å². The molecule has 1 aliphatic rings. The summed E-state index contributed by atoms with van der Waals surface area (Å²) in [6.45, 7) is 3.69. The smallest absolute Gasteiger partial charge is 0.217 e. The molecule has 1 heterocycles. The van der Waals surface area contributed by atoms with Crippen LogP contribution < -0.4 is 20.1 Å². The van der Waals surface area contributed by atoms with Crippen molar-refractivity contribution in [2.75, 3.05) is 19.5 Å². The second-order valence-electron chi connectivity index (χ2n) is 8.64. The summed E-state index contributed by atoms with van der Waals surface area (Å²) in [5.41, 5.74) is 3.29. The number of para-hydroxylation sites is 1. The Morgan fingerprint density at radius 3 is 2.55 bits per heavy atom. The zero-order valence-corrected chi connectivity index (χ0v) is 21.0. The molecule has 1 aliphatic carbocycles. The number of anilines is 1. The maximum absolute atomic E-state index is 11.9. The number of fused-ring (bicyclic) bond motifs is 1. The topological polar surface area (TPSA) is 72.5 Å². The van der Waals surface area contributed by atoms with E-state index in [-0.39, 0.29) is 23.9 Å². The molecule has 0 aliphatic heterocycles. The van der Waals surface area contributed by atoms with Crippen LogP contribution in [0.3, 0.4) is 0 Å². The number of amides is 1. The van der Waals surface area contributed by atoms with Gasteiger partial charge in [0.25, 0.3) is 0 Å². The molecule has 7 heteroatoms. The first-order chi connectivity index (χ1) is 15.9. The number of carbonyl (C=O) groups is 1. The maximum atomic E-state index is 11.9. The standard InChI is InChI=1S/C26H30BrN3O3/c1-15-11-26(30-22-8-6-5-7-18(15)22)29-17-9-10-23(28-16(2)31)20(12-17)19-13-24(32-3)25(33-4)14-21(19)27/h5-8,11,13-14,17,20,23H,9-10,12H2,1-4H3,(H,28,31)(H,29,30). The van der Waals surface area contributed by atoms with E-state index < -0.39 is 0 Å². The second-order valence-corrected chi connectivity index (χ2v) is 9.49. The highest BCUT2D eigenvalue weighted by molar-refractivity contribution is 9.10. The van der Waals surface area contributed by atoms with Gasteiger partial charge in [-0.1, -0.05) is 34.1 Å². The highest BCUT2D eigenvalue weighted by atomic mass is 79.9. The minimum atomic E-state index is -0.0140. The van der Waals surface area contributed by atoms with Gasteiger partial charge in [-0.15, -0.1) is 0 Å². The lowest BCUT2D eigenvalue weighted by Gasteiger charge is -2.38. The van der Waals surface area contributed by atoms with Crippen molar-refractivity contribution in [1.82, 2.24) is 10.3 Å². The number of benzene rings is 2. The number of rotatable bonds is 6. The van der Waals surface area contributed by atoms with Gasteiger partial charge in [-0.3, -0.25) is 4.79 Å². The van der Waals surface area contributed by atoms with Crippen LogP contribution >= 0.6 is 15.9 Å². The molecule has 1 amide bonds. The van der Waals surface area contributed by atoms with E-state index in [2.05, 4.69) is 45.6 Å². The second kappa shape index (κ2) is 10.00. The summed E-state index contributed by atoms with van der Waals surface area (Å²) in [7, 11) is 3.27. The summed E-state index contributed by atoms with van der Waals surface area (Å²) < 4.78 is 12.0. The van der Waals surface area contributed by atoms with E-state index in [4.69, 9.17) is 14.5 Å². The fraction of sp³-hybridized carbons (Fsp3) is 0.385. The van der Waals surface area contributed by atoms with Gasteiger partial charge in [-0.25, -0.2) is 4.98 Å². The Bertz CT molecular complexity index is 1170. The van der Waals surface area contributed by atoms with Crippen molar-refractivity contribution < 1.29 is 14.3 Å². The van der Waals surface area contributed by atoms with E-state index in [9.17, 15) is 4.79 Å². The van der Waals surface area contributed by atoms with Crippen LogP contribution in [0.4, 0.5) is 5.82 Å². The lowest BCUT2D eigenvalue weighted by Crippen LogP contribution is -2.44. The lowest BCUT2D eigenvalue weighted by molar-refractivity contribution is -0.120. The first-order valence-corrected chi connectivity index (χ1v) is 12.0. The van der Waals surface area contributed by atoms with Crippen LogP contribution in [0.15, 0.2) is 46.9 Å². The number of nitrogens with zero attached hydrogens (tertiary/aromatic N) is 1. The zero-order chi connectivity index (χ0) is 23.5. The molecular formula is C26H30BrN3O3. The van der Waals surface area contributed by atoms with Gasteiger partial charge in [-0.05, 0) is 61.6 Å². The molecule has 3 aromatic rings. The van der Waals surface area contributed by atoms with Crippen molar-refractivity contribution in [2.45, 2.75) is 51.1 Å². The first kappa shape index (κ1) is 23.4. The summed E-state index contributed by atoms with van der Waals surface area (Å²) in [4.78, 5) is 16.8. The van der Waals surface area contributed by atoms with Crippen LogP contribution in [0.2, 0.25) is 0 Å². The number of aryl methyl sites for hydroxylation is 1. The van der Waals surface area contributed by atoms with Crippen LogP contribution in [-0.2, 0) is 4.79 Å². The van der Waals surface area contributed by atoms with Gasteiger partial charge in [0, 0.05) is 34.8 Å². The van der Waals surface area contributed by atoms with Crippen LogP contribution in [0, 0.1) is 6.92 Å². The molecule has 0 bridgehead atoms. The Morgan fingerprint density at radius 1 is 1.09 bits per heavy atom. The summed E-state index contributed by atoms with van der Waals surface area (Å²) in [6, 6.07) is 14.5. The first-order valence-electron chi connectivity index (χ1n) is 11.2. The molecule has 0 saturated heterocycles. The van der Waals surface area contributed by atoms with Crippen LogP contribution in [0.5, 0.6) is 11.5 Å². The van der Waals surface area contributed by atoms with Gasteiger partial charge >= 0.3 is 0 Å². The van der Waals surface area contributed by atoms with Gasteiger partial charge in [-0.2, -0.15) is 0 Å². The number of aromatic nitrogens is 1. The predicted molar refractivity (Wildman–Crippen MR) is 135 cm³/mol. The molecule has 174 valence electrons. The molecule has 2 N–H and O–H groups in total. The SMILES string of the molecule is COc1cc(Br)c(C2CC(Nc3cc(C)c4ccccc4n3)CCC2NC(C)=O)cc1OC. The Morgan fingerprint density at radius 2 is 1.82 bits per heavy atom. The van der Waals surface area contributed by atoms with Crippen LogP contribution in [0.1, 0.15) is 43.2 Å². The number of hydrogen-bond donors (Lipinski definition) is 2. The molecule has 4 rings (SSSR count). The minimum absolute atomic E-state index is 0.0140. The van der Waals surface area contributed by atoms with E-state index >= 15 is 0 Å². The van der Waals surface area contributed by atoms with Gasteiger partial charge < -0.3 is 20.1 Å². The third kappa shape index (κ3) is 5.08. The van der Waals surface area contributed by atoms with Crippen LogP contribution in [0.25, 0.3) is 10.9 Å². The Balaban J connectivity index is 1.63. The van der Waals surface area contributed by atoms with Gasteiger partial charge in [0.1, 0.15) is 5.82 Å². The van der Waals surface area contributed by atoms with E-state index in [0.29, 0.717) is 11.5 Å². The molecular weight excluding hydrogens is 482 g/mol. The van der Waals surface area contributed by atoms with E-state index in [1.807, 2.05) is 30.3 Å². The third-order valence-corrected chi connectivity index (χ3v) is 7.10. The monoisotopic (exact) mass is 511 g/mol. The highest BCUT2D eigenvalue weighted by Crippen LogP contribution is 2.42. The number of hydrogen-bond acceptors (Lipinski definition) is 5.